The Labute approximate surface area is 88.2 Å². The van der Waals surface area contributed by atoms with E-state index in [1.807, 2.05) is 25.1 Å². The Bertz CT molecular complexity index is 389. The predicted octanol–water partition coefficient (Wildman–Crippen LogP) is 0.881. The van der Waals surface area contributed by atoms with Gasteiger partial charge in [-0.3, -0.25) is 4.79 Å². The molecule has 0 fully saturated rings. The van der Waals surface area contributed by atoms with E-state index in [-0.39, 0.29) is 12.5 Å². The number of nitrogens with one attached hydrogen (secondary N) is 1. The van der Waals surface area contributed by atoms with Crippen LogP contribution >= 0.6 is 0 Å². The van der Waals surface area contributed by atoms with Crippen molar-refractivity contribution in [2.75, 3.05) is 13.7 Å². The predicted molar refractivity (Wildman–Crippen MR) is 55.2 cm³/mol. The van der Waals surface area contributed by atoms with Gasteiger partial charge in [0.05, 0.1) is 0 Å². The van der Waals surface area contributed by atoms with Crippen molar-refractivity contribution in [1.29, 1.82) is 0 Å². The summed E-state index contributed by atoms with van der Waals surface area (Å²) >= 11 is 0. The van der Waals surface area contributed by atoms with Crippen molar-refractivity contribution in [3.63, 3.8) is 0 Å². The van der Waals surface area contributed by atoms with Crippen LogP contribution in [0.25, 0.3) is 0 Å². The second-order valence-corrected chi connectivity index (χ2v) is 3.48. The van der Waals surface area contributed by atoms with Crippen LogP contribution in [0.2, 0.25) is 0 Å². The highest BCUT2D eigenvalue weighted by Crippen LogP contribution is 2.32. The number of carbonyl (C=O) groups excluding carboxylic acids is 1. The number of benzene rings is 1. The minimum atomic E-state index is -0.552. The van der Waals surface area contributed by atoms with Gasteiger partial charge in [0.25, 0.3) is 5.91 Å². The van der Waals surface area contributed by atoms with E-state index in [2.05, 4.69) is 5.32 Å². The molecule has 4 nitrogen and oxygen atoms in total. The van der Waals surface area contributed by atoms with Gasteiger partial charge >= 0.3 is 0 Å². The average Bonchev–Trinajstić information content (AvgIpc) is 2.27. The Kier molecular flexibility index (Phi) is 2.49. The Morgan fingerprint density at radius 1 is 1.47 bits per heavy atom. The fraction of sp³-hybridized carbons (Fsp3) is 0.364. The van der Waals surface area contributed by atoms with Crippen LogP contribution < -0.4 is 14.8 Å². The van der Waals surface area contributed by atoms with Gasteiger partial charge < -0.3 is 14.8 Å². The summed E-state index contributed by atoms with van der Waals surface area (Å²) in [6.45, 7) is 2.23. The van der Waals surface area contributed by atoms with E-state index >= 15 is 0 Å². The van der Waals surface area contributed by atoms with Gasteiger partial charge in [0.15, 0.2) is 11.5 Å². The summed E-state index contributed by atoms with van der Waals surface area (Å²) in [6, 6.07) is 5.66. The van der Waals surface area contributed by atoms with E-state index in [1.54, 1.807) is 7.05 Å². The number of fused-ring (bicyclic) bond motifs is 1. The normalized spacial score (nSPS) is 18.4. The van der Waals surface area contributed by atoms with Crippen LogP contribution in [0, 0.1) is 6.92 Å². The van der Waals surface area contributed by atoms with Gasteiger partial charge in [-0.05, 0) is 24.6 Å². The van der Waals surface area contributed by atoms with Gasteiger partial charge in [0.2, 0.25) is 6.10 Å². The molecule has 0 saturated heterocycles. The van der Waals surface area contributed by atoms with Crippen molar-refractivity contribution in [1.82, 2.24) is 5.32 Å². The van der Waals surface area contributed by atoms with Crippen LogP contribution in [0.15, 0.2) is 18.2 Å². The molecular formula is C11H13NO3. The monoisotopic (exact) mass is 207 g/mol. The van der Waals surface area contributed by atoms with Crippen molar-refractivity contribution >= 4 is 5.91 Å². The fourth-order valence-corrected chi connectivity index (χ4v) is 1.47. The highest BCUT2D eigenvalue weighted by Gasteiger charge is 2.26. The van der Waals surface area contributed by atoms with Crippen molar-refractivity contribution in [3.8, 4) is 11.5 Å². The summed E-state index contributed by atoms with van der Waals surface area (Å²) in [5.41, 5.74) is 1.08. The van der Waals surface area contributed by atoms with E-state index < -0.39 is 6.10 Å². The van der Waals surface area contributed by atoms with Crippen molar-refractivity contribution in [2.45, 2.75) is 13.0 Å². The quantitative estimate of drug-likeness (QED) is 0.743. The number of hydrogen-bond acceptors (Lipinski definition) is 3. The first kappa shape index (κ1) is 9.83. The van der Waals surface area contributed by atoms with Crippen LogP contribution in [0.4, 0.5) is 0 Å². The maximum atomic E-state index is 11.3. The highest BCUT2D eigenvalue weighted by molar-refractivity contribution is 5.81. The summed E-state index contributed by atoms with van der Waals surface area (Å²) in [5.74, 6) is 1.16. The zero-order valence-electron chi connectivity index (χ0n) is 8.74. The highest BCUT2D eigenvalue weighted by atomic mass is 16.6. The third-order valence-electron chi connectivity index (χ3n) is 2.30. The minimum Gasteiger partial charge on any atom is -0.485 e. The van der Waals surface area contributed by atoms with Crippen LogP contribution in [-0.2, 0) is 4.79 Å². The molecule has 1 heterocycles. The lowest BCUT2D eigenvalue weighted by atomic mass is 10.2. The van der Waals surface area contributed by atoms with E-state index in [9.17, 15) is 4.79 Å². The molecule has 0 spiro atoms. The molecule has 0 aliphatic carbocycles. The topological polar surface area (TPSA) is 47.6 Å². The van der Waals surface area contributed by atoms with Gasteiger partial charge in [0, 0.05) is 7.05 Å². The molecule has 1 atom stereocenters. The average molecular weight is 207 g/mol. The molecule has 0 saturated carbocycles. The van der Waals surface area contributed by atoms with E-state index in [0.29, 0.717) is 11.5 Å². The largest absolute Gasteiger partial charge is 0.485 e. The van der Waals surface area contributed by atoms with E-state index in [4.69, 9.17) is 9.47 Å². The Balaban J connectivity index is 2.22. The minimum absolute atomic E-state index is 0.165. The van der Waals surface area contributed by atoms with Gasteiger partial charge in [-0.15, -0.1) is 0 Å². The lowest BCUT2D eigenvalue weighted by Gasteiger charge is -2.25. The number of aryl methyl sites for hydroxylation is 1. The molecule has 0 bridgehead atoms. The SMILES string of the molecule is CNC(=O)C1COc2ccc(C)cc2O1. The first-order valence-corrected chi connectivity index (χ1v) is 4.82. The van der Waals surface area contributed by atoms with Gasteiger partial charge in [-0.1, -0.05) is 6.07 Å². The van der Waals surface area contributed by atoms with Crippen LogP contribution in [0.1, 0.15) is 5.56 Å². The maximum absolute atomic E-state index is 11.3. The number of hydrogen-bond donors (Lipinski definition) is 1. The molecule has 1 aromatic carbocycles. The van der Waals surface area contributed by atoms with Crippen LogP contribution in [-0.4, -0.2) is 25.7 Å². The number of ether oxygens (including phenoxy) is 2. The number of likely N-dealkylation sites (N-methyl/N-ethyl adjacent to an activating group) is 1. The molecule has 15 heavy (non-hydrogen) atoms. The smallest absolute Gasteiger partial charge is 0.264 e. The third-order valence-corrected chi connectivity index (χ3v) is 2.30. The molecule has 2 rings (SSSR count). The van der Waals surface area contributed by atoms with Crippen molar-refractivity contribution < 1.29 is 14.3 Å². The zero-order valence-corrected chi connectivity index (χ0v) is 8.74. The standard InChI is InChI=1S/C11H13NO3/c1-7-3-4-8-9(5-7)15-10(6-14-8)11(13)12-2/h3-5,10H,6H2,1-2H3,(H,12,13). The first-order chi connectivity index (χ1) is 7.20. The second-order valence-electron chi connectivity index (χ2n) is 3.48. The van der Waals surface area contributed by atoms with Crippen molar-refractivity contribution in [3.05, 3.63) is 23.8 Å². The first-order valence-electron chi connectivity index (χ1n) is 4.82. The molecule has 4 heteroatoms. The summed E-state index contributed by atoms with van der Waals surface area (Å²) in [5, 5.41) is 2.54. The number of rotatable bonds is 1. The molecule has 1 aliphatic heterocycles. The third kappa shape index (κ3) is 1.88. The number of amides is 1. The Hall–Kier alpha value is -1.71. The molecule has 0 radical (unpaired) electrons. The lowest BCUT2D eigenvalue weighted by molar-refractivity contribution is -0.129. The van der Waals surface area contributed by atoms with E-state index in [0.717, 1.165) is 5.56 Å². The molecule has 1 unspecified atom stereocenters. The number of carbonyl (C=O) groups is 1. The fourth-order valence-electron chi connectivity index (χ4n) is 1.47. The summed E-state index contributed by atoms with van der Waals surface area (Å²) in [4.78, 5) is 11.3. The summed E-state index contributed by atoms with van der Waals surface area (Å²) < 4.78 is 11.0. The van der Waals surface area contributed by atoms with Crippen LogP contribution in [0.5, 0.6) is 11.5 Å². The molecule has 80 valence electrons. The van der Waals surface area contributed by atoms with E-state index in [1.165, 1.54) is 0 Å². The second kappa shape index (κ2) is 3.81. The molecular weight excluding hydrogens is 194 g/mol. The molecule has 1 amide bonds. The molecule has 0 aromatic heterocycles. The molecule has 1 aliphatic rings. The molecule has 1 aromatic rings. The molecule has 1 N–H and O–H groups in total. The zero-order chi connectivity index (χ0) is 10.8. The van der Waals surface area contributed by atoms with Gasteiger partial charge in [-0.2, -0.15) is 0 Å². The summed E-state index contributed by atoms with van der Waals surface area (Å²) in [7, 11) is 1.58. The van der Waals surface area contributed by atoms with Crippen molar-refractivity contribution in [2.24, 2.45) is 0 Å². The maximum Gasteiger partial charge on any atom is 0.264 e. The summed E-state index contributed by atoms with van der Waals surface area (Å²) in [6.07, 6.45) is -0.552. The lowest BCUT2D eigenvalue weighted by Crippen LogP contribution is -2.42. The Morgan fingerprint density at radius 2 is 2.27 bits per heavy atom. The van der Waals surface area contributed by atoms with Gasteiger partial charge in [-0.25, -0.2) is 0 Å². The Morgan fingerprint density at radius 3 is 3.00 bits per heavy atom. The van der Waals surface area contributed by atoms with Gasteiger partial charge in [0.1, 0.15) is 6.61 Å². The van der Waals surface area contributed by atoms with Crippen LogP contribution in [0.3, 0.4) is 0 Å².